The number of fused-ring (bicyclic) bond motifs is 1. The Balaban J connectivity index is 0.807. The summed E-state index contributed by atoms with van der Waals surface area (Å²) in [7, 11) is 0. The summed E-state index contributed by atoms with van der Waals surface area (Å²) < 4.78 is 31.3. The molecule has 7 amide bonds. The standard InChI is InChI=1S/C46H48Cl2FN9O10/c1-24-22-56(44(63)27-7-9-28(10-8-27)52-42(61)33-21-35(41(50)55-54-33)68-26(3)38-30(47)11-12-31(49)40(38)48)23-25(2)57(24)37(60)15-17-66-19-20-67-18-16-51-32-6-4-5-29-39(32)46(65)58(45(29)64)34-13-14-36(59)53-43(34)62/h4-12,21,24-26,34,51H,13-20,22-23H2,1-3H3,(H2,50,55)(H,52,61)(H,53,59,62)/t24-,25+,26?,34?. The zero-order chi connectivity index (χ0) is 48.8. The largest absolute Gasteiger partial charge is 0.482 e. The van der Waals surface area contributed by atoms with Crippen LogP contribution in [0.5, 0.6) is 5.75 Å². The summed E-state index contributed by atoms with van der Waals surface area (Å²) in [6.45, 7) is 7.14. The molecular weight excluding hydrogens is 928 g/mol. The van der Waals surface area contributed by atoms with Gasteiger partial charge in [-0.1, -0.05) is 29.3 Å². The molecule has 358 valence electrons. The number of nitrogens with two attached hydrogens (primary N) is 1. The molecule has 3 aromatic carbocycles. The summed E-state index contributed by atoms with van der Waals surface area (Å²) in [5.41, 5.74) is 7.52. The molecule has 4 heterocycles. The summed E-state index contributed by atoms with van der Waals surface area (Å²) in [5.74, 6) is -4.11. The molecule has 19 nitrogen and oxygen atoms in total. The molecule has 3 aliphatic heterocycles. The van der Waals surface area contributed by atoms with Crippen molar-refractivity contribution < 1.29 is 52.2 Å². The van der Waals surface area contributed by atoms with Crippen LogP contribution in [0.3, 0.4) is 0 Å². The lowest BCUT2D eigenvalue weighted by molar-refractivity contribution is -0.140. The highest BCUT2D eigenvalue weighted by molar-refractivity contribution is 6.36. The van der Waals surface area contributed by atoms with E-state index in [1.165, 1.54) is 18.2 Å². The minimum absolute atomic E-state index is 0.00185. The Bertz CT molecular complexity index is 2630. The third-order valence-corrected chi connectivity index (χ3v) is 12.3. The van der Waals surface area contributed by atoms with Gasteiger partial charge in [-0.3, -0.25) is 43.8 Å². The number of hydrogen-bond acceptors (Lipinski definition) is 14. The van der Waals surface area contributed by atoms with E-state index in [9.17, 15) is 38.0 Å². The van der Waals surface area contributed by atoms with Crippen LogP contribution >= 0.6 is 23.2 Å². The van der Waals surface area contributed by atoms with Gasteiger partial charge in [0, 0.05) is 71.7 Å². The van der Waals surface area contributed by atoms with E-state index in [0.717, 1.165) is 11.0 Å². The van der Waals surface area contributed by atoms with Crippen molar-refractivity contribution >= 4 is 81.7 Å². The van der Waals surface area contributed by atoms with Gasteiger partial charge in [0.05, 0.1) is 49.0 Å². The maximum atomic E-state index is 14.1. The molecule has 22 heteroatoms. The number of halogens is 3. The summed E-state index contributed by atoms with van der Waals surface area (Å²) in [6.07, 6.45) is -0.639. The van der Waals surface area contributed by atoms with Gasteiger partial charge >= 0.3 is 0 Å². The number of amides is 7. The summed E-state index contributed by atoms with van der Waals surface area (Å²) >= 11 is 12.4. The van der Waals surface area contributed by atoms with Crippen LogP contribution in [0.4, 0.5) is 21.6 Å². The van der Waals surface area contributed by atoms with E-state index in [0.29, 0.717) is 36.6 Å². The quantitative estimate of drug-likeness (QED) is 0.0626. The fourth-order valence-electron chi connectivity index (χ4n) is 8.34. The van der Waals surface area contributed by atoms with Crippen molar-refractivity contribution in [3.05, 3.63) is 104 Å². The minimum atomic E-state index is -1.06. The molecule has 0 bridgehead atoms. The van der Waals surface area contributed by atoms with Gasteiger partial charge < -0.3 is 40.4 Å². The smallest absolute Gasteiger partial charge is 0.276 e. The number of nitrogen functional groups attached to an aromatic ring is 1. The SMILES string of the molecule is CC(Oc1cc(C(=O)Nc2ccc(C(=O)N3C[C@@H](C)N(C(=O)CCOCCOCCNc4cccc5c4C(=O)N(C4CCC(=O)NC4=O)C5=O)[C@@H](C)C3)cc2)nnc1N)c1c(Cl)ccc(F)c1Cl. The molecule has 4 aromatic rings. The molecule has 0 aliphatic carbocycles. The normalized spacial score (nSPS) is 18.6. The van der Waals surface area contributed by atoms with Gasteiger partial charge in [-0.15, -0.1) is 10.2 Å². The monoisotopic (exact) mass is 975 g/mol. The van der Waals surface area contributed by atoms with Gasteiger partial charge in [0.25, 0.3) is 23.6 Å². The lowest BCUT2D eigenvalue weighted by atomic mass is 10.0. The van der Waals surface area contributed by atoms with Crippen molar-refractivity contribution in [2.45, 2.75) is 64.3 Å². The third-order valence-electron chi connectivity index (χ3n) is 11.6. The van der Waals surface area contributed by atoms with E-state index in [-0.39, 0.29) is 114 Å². The minimum Gasteiger partial charge on any atom is -0.482 e. The average Bonchev–Trinajstić information content (AvgIpc) is 3.56. The first-order valence-corrected chi connectivity index (χ1v) is 22.5. The first kappa shape index (κ1) is 49.2. The van der Waals surface area contributed by atoms with Gasteiger partial charge in [-0.25, -0.2) is 4.39 Å². The lowest BCUT2D eigenvalue weighted by Gasteiger charge is -2.44. The molecule has 5 N–H and O–H groups in total. The van der Waals surface area contributed by atoms with Crippen molar-refractivity contribution in [1.82, 2.24) is 30.2 Å². The van der Waals surface area contributed by atoms with Crippen LogP contribution in [-0.2, 0) is 23.9 Å². The van der Waals surface area contributed by atoms with Crippen LogP contribution in [-0.4, -0.2) is 130 Å². The highest BCUT2D eigenvalue weighted by Gasteiger charge is 2.45. The predicted molar refractivity (Wildman–Crippen MR) is 246 cm³/mol. The number of hydrogen-bond donors (Lipinski definition) is 4. The Morgan fingerprint density at radius 3 is 2.34 bits per heavy atom. The molecule has 68 heavy (non-hydrogen) atoms. The fraction of sp³-hybridized carbons (Fsp3) is 0.370. The number of imide groups is 2. The van der Waals surface area contributed by atoms with Gasteiger partial charge in [-0.2, -0.15) is 0 Å². The van der Waals surface area contributed by atoms with Crippen LogP contribution in [0.1, 0.15) is 93.3 Å². The van der Waals surface area contributed by atoms with Crippen molar-refractivity contribution in [3.8, 4) is 5.75 Å². The van der Waals surface area contributed by atoms with Crippen LogP contribution in [0.15, 0.2) is 60.7 Å². The molecule has 4 atom stereocenters. The lowest BCUT2D eigenvalue weighted by Crippen LogP contribution is -2.59. The maximum Gasteiger partial charge on any atom is 0.276 e. The molecule has 0 saturated carbocycles. The first-order chi connectivity index (χ1) is 32.5. The summed E-state index contributed by atoms with van der Waals surface area (Å²) in [4.78, 5) is 94.7. The Morgan fingerprint density at radius 1 is 0.926 bits per heavy atom. The maximum absolute atomic E-state index is 14.1. The topological polar surface area (TPSA) is 245 Å². The zero-order valence-electron chi connectivity index (χ0n) is 37.2. The van der Waals surface area contributed by atoms with Gasteiger partial charge in [0.15, 0.2) is 17.3 Å². The van der Waals surface area contributed by atoms with Gasteiger partial charge in [-0.05, 0) is 75.7 Å². The Morgan fingerprint density at radius 2 is 1.63 bits per heavy atom. The number of anilines is 3. The third kappa shape index (κ3) is 10.8. The molecule has 2 unspecified atom stereocenters. The number of nitrogens with zero attached hydrogens (tertiary/aromatic N) is 5. The molecule has 2 saturated heterocycles. The number of piperidine rings is 1. The molecule has 3 aliphatic rings. The van der Waals surface area contributed by atoms with Crippen molar-refractivity contribution in [2.75, 3.05) is 62.4 Å². The first-order valence-electron chi connectivity index (χ1n) is 21.7. The van der Waals surface area contributed by atoms with Crippen LogP contribution in [0.25, 0.3) is 0 Å². The van der Waals surface area contributed by atoms with E-state index >= 15 is 0 Å². The number of carbonyl (C=O) groups excluding carboxylic acids is 7. The Labute approximate surface area is 399 Å². The second-order valence-electron chi connectivity index (χ2n) is 16.3. The van der Waals surface area contributed by atoms with E-state index in [1.54, 1.807) is 53.1 Å². The van der Waals surface area contributed by atoms with Crippen LogP contribution in [0, 0.1) is 5.82 Å². The highest BCUT2D eigenvalue weighted by Crippen LogP contribution is 2.36. The second kappa shape index (κ2) is 21.5. The van der Waals surface area contributed by atoms with Gasteiger partial charge in [0.2, 0.25) is 17.7 Å². The number of carbonyl (C=O) groups is 7. The number of ether oxygens (including phenoxy) is 3. The van der Waals surface area contributed by atoms with E-state index in [4.69, 9.17) is 43.1 Å². The fourth-order valence-corrected chi connectivity index (χ4v) is 9.02. The van der Waals surface area contributed by atoms with E-state index in [1.807, 2.05) is 13.8 Å². The molecule has 7 rings (SSSR count). The number of rotatable bonds is 17. The molecule has 1 aromatic heterocycles. The Hall–Kier alpha value is -6.74. The average molecular weight is 977 g/mol. The predicted octanol–water partition coefficient (Wildman–Crippen LogP) is 4.90. The second-order valence-corrected chi connectivity index (χ2v) is 17.1. The zero-order valence-corrected chi connectivity index (χ0v) is 38.7. The van der Waals surface area contributed by atoms with E-state index in [2.05, 4.69) is 26.1 Å². The highest BCUT2D eigenvalue weighted by atomic mass is 35.5. The Kier molecular flexibility index (Phi) is 15.5. The van der Waals surface area contributed by atoms with Crippen LogP contribution < -0.4 is 26.4 Å². The molecule has 0 radical (unpaired) electrons. The molecule has 0 spiro atoms. The number of benzene rings is 3. The van der Waals surface area contributed by atoms with Crippen molar-refractivity contribution in [1.29, 1.82) is 0 Å². The number of aromatic nitrogens is 2. The van der Waals surface area contributed by atoms with Crippen molar-refractivity contribution in [2.24, 2.45) is 0 Å². The molecular formula is C46H48Cl2FN9O10. The summed E-state index contributed by atoms with van der Waals surface area (Å²) in [5, 5.41) is 15.7. The molecule has 2 fully saturated rings. The number of piperazine rings is 1. The van der Waals surface area contributed by atoms with Crippen molar-refractivity contribution in [3.63, 3.8) is 0 Å². The van der Waals surface area contributed by atoms with Gasteiger partial charge in [0.1, 0.15) is 18.0 Å². The number of nitrogens with one attached hydrogen (secondary N) is 3. The summed E-state index contributed by atoms with van der Waals surface area (Å²) in [6, 6.07) is 13.3. The van der Waals surface area contributed by atoms with Crippen LogP contribution in [0.2, 0.25) is 10.0 Å². The van der Waals surface area contributed by atoms with E-state index < -0.39 is 47.5 Å².